The molecular weight excluding hydrogens is 378 g/mol. The number of nitriles is 1. The number of nitrogens with one attached hydrogen (secondary N) is 1. The molecule has 3 heterocycles. The van der Waals surface area contributed by atoms with Gasteiger partial charge < -0.3 is 14.7 Å². The van der Waals surface area contributed by atoms with Crippen molar-refractivity contribution in [2.75, 3.05) is 23.3 Å². The van der Waals surface area contributed by atoms with Crippen molar-refractivity contribution in [1.29, 1.82) is 5.26 Å². The number of aryl methyl sites for hydroxylation is 2. The van der Waals surface area contributed by atoms with E-state index in [0.717, 1.165) is 48.5 Å². The Hall–Kier alpha value is -3.66. The van der Waals surface area contributed by atoms with Crippen LogP contribution in [0.25, 0.3) is 0 Å². The standard InChI is InChI=1S/C23H23N5O2/c1-3-19-11-22(27-30-19)26-23(29)16-5-4-15(2)20(10-16)18-7-9-28(14-18)21-13-25-8-6-17(21)12-24/h4-6,8,10-11,13,18H,3,7,9,14H2,1-2H3,(H,26,27,29)/t18-/m1/s1. The summed E-state index contributed by atoms with van der Waals surface area (Å²) in [5, 5.41) is 16.1. The second kappa shape index (κ2) is 8.37. The smallest absolute Gasteiger partial charge is 0.256 e. The Balaban J connectivity index is 1.52. The van der Waals surface area contributed by atoms with Gasteiger partial charge >= 0.3 is 0 Å². The lowest BCUT2D eigenvalue weighted by Gasteiger charge is -2.20. The third-order valence-electron chi connectivity index (χ3n) is 5.58. The normalized spacial score (nSPS) is 15.8. The largest absolute Gasteiger partial charge is 0.369 e. The van der Waals surface area contributed by atoms with Gasteiger partial charge in [-0.05, 0) is 42.7 Å². The van der Waals surface area contributed by atoms with Crippen LogP contribution in [-0.2, 0) is 6.42 Å². The van der Waals surface area contributed by atoms with E-state index in [-0.39, 0.29) is 11.8 Å². The molecule has 30 heavy (non-hydrogen) atoms. The molecule has 3 aromatic rings. The highest BCUT2D eigenvalue weighted by molar-refractivity contribution is 6.03. The van der Waals surface area contributed by atoms with Crippen molar-refractivity contribution in [3.8, 4) is 6.07 Å². The Morgan fingerprint density at radius 1 is 1.37 bits per heavy atom. The lowest BCUT2D eigenvalue weighted by atomic mass is 9.92. The summed E-state index contributed by atoms with van der Waals surface area (Å²) in [5.74, 6) is 1.23. The summed E-state index contributed by atoms with van der Waals surface area (Å²) < 4.78 is 5.15. The summed E-state index contributed by atoms with van der Waals surface area (Å²) in [5.41, 5.74) is 4.40. The van der Waals surface area contributed by atoms with Crippen molar-refractivity contribution in [2.24, 2.45) is 0 Å². The SMILES string of the molecule is CCc1cc(NC(=O)c2ccc(C)c([C@@H]3CCN(c4cnccc4C#N)C3)c2)no1. The molecule has 1 aliphatic rings. The summed E-state index contributed by atoms with van der Waals surface area (Å²) in [4.78, 5) is 19.1. The first kappa shape index (κ1) is 19.6. The van der Waals surface area contributed by atoms with E-state index in [1.165, 1.54) is 0 Å². The maximum atomic E-state index is 12.7. The first-order valence-corrected chi connectivity index (χ1v) is 10.1. The number of anilines is 2. The molecular formula is C23H23N5O2. The zero-order valence-electron chi connectivity index (χ0n) is 17.1. The Kier molecular flexibility index (Phi) is 5.48. The maximum Gasteiger partial charge on any atom is 0.256 e. The summed E-state index contributed by atoms with van der Waals surface area (Å²) in [7, 11) is 0. The number of aromatic nitrogens is 2. The van der Waals surface area contributed by atoms with Crippen LogP contribution in [0.4, 0.5) is 11.5 Å². The maximum absolute atomic E-state index is 12.7. The molecule has 1 atom stereocenters. The van der Waals surface area contributed by atoms with Gasteiger partial charge in [-0.2, -0.15) is 5.26 Å². The van der Waals surface area contributed by atoms with Gasteiger partial charge in [0.2, 0.25) is 0 Å². The number of hydrogen-bond donors (Lipinski definition) is 1. The minimum atomic E-state index is -0.207. The van der Waals surface area contributed by atoms with Crippen LogP contribution in [0.5, 0.6) is 0 Å². The van der Waals surface area contributed by atoms with Crippen molar-refractivity contribution < 1.29 is 9.32 Å². The Morgan fingerprint density at radius 3 is 3.00 bits per heavy atom. The van der Waals surface area contributed by atoms with Gasteiger partial charge in [-0.15, -0.1) is 0 Å². The molecule has 0 saturated carbocycles. The zero-order chi connectivity index (χ0) is 21.1. The van der Waals surface area contributed by atoms with E-state index in [4.69, 9.17) is 4.52 Å². The molecule has 152 valence electrons. The van der Waals surface area contributed by atoms with Crippen LogP contribution in [0.2, 0.25) is 0 Å². The first-order chi connectivity index (χ1) is 14.6. The van der Waals surface area contributed by atoms with Gasteiger partial charge in [0.05, 0.1) is 17.4 Å². The summed E-state index contributed by atoms with van der Waals surface area (Å²) in [6, 6.07) is 11.5. The van der Waals surface area contributed by atoms with Gasteiger partial charge in [-0.1, -0.05) is 18.1 Å². The van der Waals surface area contributed by atoms with Gasteiger partial charge in [-0.25, -0.2) is 0 Å². The van der Waals surface area contributed by atoms with Crippen LogP contribution < -0.4 is 10.2 Å². The van der Waals surface area contributed by atoms with Crippen LogP contribution in [-0.4, -0.2) is 29.1 Å². The molecule has 0 bridgehead atoms. The van der Waals surface area contributed by atoms with E-state index in [1.807, 2.05) is 25.1 Å². The number of carbonyl (C=O) groups is 1. The highest BCUT2D eigenvalue weighted by Gasteiger charge is 2.27. The van der Waals surface area contributed by atoms with Gasteiger partial charge in [0.1, 0.15) is 11.8 Å². The van der Waals surface area contributed by atoms with Crippen molar-refractivity contribution in [2.45, 2.75) is 32.6 Å². The van der Waals surface area contributed by atoms with E-state index in [2.05, 4.69) is 33.4 Å². The van der Waals surface area contributed by atoms with E-state index in [0.29, 0.717) is 16.9 Å². The highest BCUT2D eigenvalue weighted by Crippen LogP contribution is 2.34. The topological polar surface area (TPSA) is 95.1 Å². The van der Waals surface area contributed by atoms with Gasteiger partial charge in [0.25, 0.3) is 5.91 Å². The van der Waals surface area contributed by atoms with Crippen LogP contribution in [0.1, 0.15) is 52.1 Å². The lowest BCUT2D eigenvalue weighted by molar-refractivity contribution is 0.102. The molecule has 1 aliphatic heterocycles. The molecule has 1 fully saturated rings. The molecule has 0 aliphatic carbocycles. The fraction of sp³-hybridized carbons (Fsp3) is 0.304. The fourth-order valence-electron chi connectivity index (χ4n) is 3.91. The quantitative estimate of drug-likeness (QED) is 0.693. The minimum absolute atomic E-state index is 0.207. The van der Waals surface area contributed by atoms with Crippen molar-refractivity contribution in [1.82, 2.24) is 10.1 Å². The number of pyridine rings is 1. The van der Waals surface area contributed by atoms with Crippen molar-refractivity contribution in [3.05, 3.63) is 70.7 Å². The monoisotopic (exact) mass is 401 g/mol. The Morgan fingerprint density at radius 2 is 2.23 bits per heavy atom. The molecule has 1 N–H and O–H groups in total. The average Bonchev–Trinajstić information content (AvgIpc) is 3.43. The van der Waals surface area contributed by atoms with E-state index in [1.54, 1.807) is 24.5 Å². The second-order valence-electron chi connectivity index (χ2n) is 7.49. The number of carbonyl (C=O) groups excluding carboxylic acids is 1. The zero-order valence-corrected chi connectivity index (χ0v) is 17.1. The molecule has 1 aromatic carbocycles. The predicted molar refractivity (Wildman–Crippen MR) is 114 cm³/mol. The molecule has 4 rings (SSSR count). The first-order valence-electron chi connectivity index (χ1n) is 10.1. The fourth-order valence-corrected chi connectivity index (χ4v) is 3.91. The molecule has 7 heteroatoms. The van der Waals surface area contributed by atoms with Crippen molar-refractivity contribution >= 4 is 17.4 Å². The van der Waals surface area contributed by atoms with Crippen LogP contribution in [0, 0.1) is 18.3 Å². The molecule has 0 radical (unpaired) electrons. The minimum Gasteiger partial charge on any atom is -0.369 e. The van der Waals surface area contributed by atoms with E-state index >= 15 is 0 Å². The van der Waals surface area contributed by atoms with Gasteiger partial charge in [0.15, 0.2) is 5.82 Å². The number of benzene rings is 1. The molecule has 0 unspecified atom stereocenters. The Labute approximate surface area is 175 Å². The van der Waals surface area contributed by atoms with Crippen LogP contribution in [0.15, 0.2) is 47.2 Å². The highest BCUT2D eigenvalue weighted by atomic mass is 16.5. The number of hydrogen-bond acceptors (Lipinski definition) is 6. The summed E-state index contributed by atoms with van der Waals surface area (Å²) in [6.07, 6.45) is 5.06. The summed E-state index contributed by atoms with van der Waals surface area (Å²) >= 11 is 0. The predicted octanol–water partition coefficient (Wildman–Crippen LogP) is 4.06. The molecule has 1 saturated heterocycles. The lowest BCUT2D eigenvalue weighted by Crippen LogP contribution is -2.20. The van der Waals surface area contributed by atoms with Gasteiger partial charge in [0, 0.05) is 43.3 Å². The van der Waals surface area contributed by atoms with E-state index in [9.17, 15) is 10.1 Å². The number of rotatable bonds is 5. The third kappa shape index (κ3) is 3.90. The molecule has 0 spiro atoms. The number of nitrogens with zero attached hydrogens (tertiary/aromatic N) is 4. The Bertz CT molecular complexity index is 1110. The van der Waals surface area contributed by atoms with E-state index < -0.39 is 0 Å². The number of amides is 1. The summed E-state index contributed by atoms with van der Waals surface area (Å²) in [6.45, 7) is 5.67. The van der Waals surface area contributed by atoms with Crippen LogP contribution >= 0.6 is 0 Å². The molecule has 2 aromatic heterocycles. The van der Waals surface area contributed by atoms with Gasteiger partial charge in [-0.3, -0.25) is 9.78 Å². The molecule has 1 amide bonds. The average molecular weight is 401 g/mol. The second-order valence-corrected chi connectivity index (χ2v) is 7.49. The van der Waals surface area contributed by atoms with Crippen molar-refractivity contribution in [3.63, 3.8) is 0 Å². The van der Waals surface area contributed by atoms with Crippen LogP contribution in [0.3, 0.4) is 0 Å². The molecule has 7 nitrogen and oxygen atoms in total. The third-order valence-corrected chi connectivity index (χ3v) is 5.58.